The second kappa shape index (κ2) is 5.44. The summed E-state index contributed by atoms with van der Waals surface area (Å²) in [5, 5.41) is 4.67. The van der Waals surface area contributed by atoms with E-state index >= 15 is 0 Å². The van der Waals surface area contributed by atoms with E-state index in [2.05, 4.69) is 51.6 Å². The predicted octanol–water partition coefficient (Wildman–Crippen LogP) is 4.35. The summed E-state index contributed by atoms with van der Waals surface area (Å²) in [5.74, 6) is 0. The van der Waals surface area contributed by atoms with Crippen molar-refractivity contribution in [2.45, 2.75) is 6.92 Å². The molecular weight excluding hydrogens is 258 g/mol. The molecule has 0 fully saturated rings. The van der Waals surface area contributed by atoms with Crippen molar-refractivity contribution in [2.75, 3.05) is 24.3 Å². The number of anilines is 3. The van der Waals surface area contributed by atoms with Crippen molar-refractivity contribution in [1.29, 1.82) is 0 Å². The van der Waals surface area contributed by atoms with E-state index in [1.54, 1.807) is 0 Å². The van der Waals surface area contributed by atoms with Gasteiger partial charge in [-0.3, -0.25) is 4.98 Å². The first-order chi connectivity index (χ1) is 10.1. The summed E-state index contributed by atoms with van der Waals surface area (Å²) < 4.78 is 0. The van der Waals surface area contributed by atoms with Gasteiger partial charge in [0.25, 0.3) is 0 Å². The molecule has 106 valence electrons. The fourth-order valence-corrected chi connectivity index (χ4v) is 2.46. The fourth-order valence-electron chi connectivity index (χ4n) is 2.46. The number of nitrogens with zero attached hydrogens (tertiary/aromatic N) is 2. The Kier molecular flexibility index (Phi) is 3.48. The molecule has 1 aromatic heterocycles. The number of fused-ring (bicyclic) bond motifs is 1. The van der Waals surface area contributed by atoms with Crippen molar-refractivity contribution in [3.63, 3.8) is 0 Å². The number of hydrogen-bond donors (Lipinski definition) is 1. The first-order valence-electron chi connectivity index (χ1n) is 7.05. The Balaban J connectivity index is 2.08. The first-order valence-corrected chi connectivity index (χ1v) is 7.05. The molecule has 0 unspecified atom stereocenters. The Morgan fingerprint density at radius 3 is 2.43 bits per heavy atom. The van der Waals surface area contributed by atoms with E-state index in [1.807, 2.05) is 39.2 Å². The van der Waals surface area contributed by atoms with Crippen LogP contribution in [0.4, 0.5) is 17.1 Å². The second-order valence-corrected chi connectivity index (χ2v) is 5.37. The summed E-state index contributed by atoms with van der Waals surface area (Å²) in [6, 6.07) is 18.6. The predicted molar refractivity (Wildman–Crippen MR) is 90.5 cm³/mol. The zero-order valence-electron chi connectivity index (χ0n) is 12.6. The maximum absolute atomic E-state index is 4.67. The summed E-state index contributed by atoms with van der Waals surface area (Å²) in [6.45, 7) is 2.02. The molecule has 0 amide bonds. The Bertz CT molecular complexity index is 778. The standard InChI is InChI=1S/C18H19N3/c1-13-11-12-14-7-6-9-16(18(14)19-13)20-15-8-4-5-10-17(15)21(2)3/h4-12,20H,1-3H3. The highest BCUT2D eigenvalue weighted by molar-refractivity contribution is 5.93. The molecule has 0 aliphatic rings. The average Bonchev–Trinajstić information content (AvgIpc) is 2.48. The highest BCUT2D eigenvalue weighted by Gasteiger charge is 2.07. The van der Waals surface area contributed by atoms with Gasteiger partial charge in [0.2, 0.25) is 0 Å². The maximum atomic E-state index is 4.67. The highest BCUT2D eigenvalue weighted by atomic mass is 15.1. The molecule has 3 nitrogen and oxygen atoms in total. The highest BCUT2D eigenvalue weighted by Crippen LogP contribution is 2.30. The van der Waals surface area contributed by atoms with Crippen LogP contribution in [0.3, 0.4) is 0 Å². The number of pyridine rings is 1. The summed E-state index contributed by atoms with van der Waals surface area (Å²) in [7, 11) is 4.10. The van der Waals surface area contributed by atoms with Gasteiger partial charge in [0.1, 0.15) is 0 Å². The number of para-hydroxylation sites is 3. The van der Waals surface area contributed by atoms with Crippen LogP contribution in [0, 0.1) is 6.92 Å². The SMILES string of the molecule is Cc1ccc2cccc(Nc3ccccc3N(C)C)c2n1. The van der Waals surface area contributed by atoms with Crippen molar-refractivity contribution < 1.29 is 0 Å². The molecular formula is C18H19N3. The van der Waals surface area contributed by atoms with Crippen LogP contribution >= 0.6 is 0 Å². The van der Waals surface area contributed by atoms with Gasteiger partial charge < -0.3 is 10.2 Å². The van der Waals surface area contributed by atoms with Crippen LogP contribution in [0.25, 0.3) is 10.9 Å². The van der Waals surface area contributed by atoms with E-state index in [9.17, 15) is 0 Å². The molecule has 0 atom stereocenters. The zero-order chi connectivity index (χ0) is 14.8. The van der Waals surface area contributed by atoms with E-state index in [0.717, 1.165) is 33.7 Å². The van der Waals surface area contributed by atoms with E-state index in [-0.39, 0.29) is 0 Å². The van der Waals surface area contributed by atoms with Gasteiger partial charge in [0.05, 0.1) is 22.6 Å². The smallest absolute Gasteiger partial charge is 0.0939 e. The summed E-state index contributed by atoms with van der Waals surface area (Å²) in [4.78, 5) is 6.77. The minimum absolute atomic E-state index is 1.01. The molecule has 1 heterocycles. The number of benzene rings is 2. The van der Waals surface area contributed by atoms with Gasteiger partial charge in [0.15, 0.2) is 0 Å². The molecule has 0 bridgehead atoms. The molecule has 0 aliphatic carbocycles. The van der Waals surface area contributed by atoms with Crippen molar-refractivity contribution in [3.8, 4) is 0 Å². The van der Waals surface area contributed by atoms with Gasteiger partial charge >= 0.3 is 0 Å². The third-order valence-electron chi connectivity index (χ3n) is 3.51. The van der Waals surface area contributed by atoms with Crippen LogP contribution in [0.5, 0.6) is 0 Å². The largest absolute Gasteiger partial charge is 0.376 e. The first kappa shape index (κ1) is 13.4. The number of hydrogen-bond acceptors (Lipinski definition) is 3. The Morgan fingerprint density at radius 2 is 1.62 bits per heavy atom. The van der Waals surface area contributed by atoms with E-state index < -0.39 is 0 Å². The minimum Gasteiger partial charge on any atom is -0.376 e. The van der Waals surface area contributed by atoms with Gasteiger partial charge in [-0.05, 0) is 31.2 Å². The summed E-state index contributed by atoms with van der Waals surface area (Å²) in [6.07, 6.45) is 0. The third kappa shape index (κ3) is 2.68. The topological polar surface area (TPSA) is 28.2 Å². The Hall–Kier alpha value is -2.55. The molecule has 0 saturated heterocycles. The average molecular weight is 277 g/mol. The van der Waals surface area contributed by atoms with Crippen LogP contribution in [0.1, 0.15) is 5.69 Å². The van der Waals surface area contributed by atoms with Gasteiger partial charge in [-0.1, -0.05) is 30.3 Å². The third-order valence-corrected chi connectivity index (χ3v) is 3.51. The lowest BCUT2D eigenvalue weighted by Crippen LogP contribution is -2.10. The Morgan fingerprint density at radius 1 is 0.857 bits per heavy atom. The van der Waals surface area contributed by atoms with Crippen LogP contribution in [0.15, 0.2) is 54.6 Å². The quantitative estimate of drug-likeness (QED) is 0.771. The summed E-state index contributed by atoms with van der Waals surface area (Å²) >= 11 is 0. The number of aryl methyl sites for hydroxylation is 1. The molecule has 0 aliphatic heterocycles. The van der Waals surface area contributed by atoms with Crippen LogP contribution < -0.4 is 10.2 Å². The van der Waals surface area contributed by atoms with Gasteiger partial charge in [-0.25, -0.2) is 0 Å². The lowest BCUT2D eigenvalue weighted by Gasteiger charge is -2.19. The van der Waals surface area contributed by atoms with Crippen molar-refractivity contribution >= 4 is 28.0 Å². The maximum Gasteiger partial charge on any atom is 0.0939 e. The number of aromatic nitrogens is 1. The van der Waals surface area contributed by atoms with Gasteiger partial charge in [-0.15, -0.1) is 0 Å². The van der Waals surface area contributed by atoms with Crippen molar-refractivity contribution in [3.05, 3.63) is 60.3 Å². The normalized spacial score (nSPS) is 10.6. The molecule has 0 radical (unpaired) electrons. The molecule has 0 spiro atoms. The summed E-state index contributed by atoms with van der Waals surface area (Å²) in [5.41, 5.74) is 5.30. The van der Waals surface area contributed by atoms with Crippen molar-refractivity contribution in [2.24, 2.45) is 0 Å². The molecule has 0 saturated carbocycles. The lowest BCUT2D eigenvalue weighted by molar-refractivity contribution is 1.13. The van der Waals surface area contributed by atoms with Gasteiger partial charge in [-0.2, -0.15) is 0 Å². The van der Waals surface area contributed by atoms with Crippen LogP contribution in [0.2, 0.25) is 0 Å². The van der Waals surface area contributed by atoms with E-state index in [1.165, 1.54) is 0 Å². The van der Waals surface area contributed by atoms with Crippen LogP contribution in [-0.4, -0.2) is 19.1 Å². The molecule has 2 aromatic carbocycles. The molecule has 3 heteroatoms. The minimum atomic E-state index is 1.01. The molecule has 21 heavy (non-hydrogen) atoms. The van der Waals surface area contributed by atoms with Crippen molar-refractivity contribution in [1.82, 2.24) is 4.98 Å². The second-order valence-electron chi connectivity index (χ2n) is 5.37. The monoisotopic (exact) mass is 277 g/mol. The lowest BCUT2D eigenvalue weighted by atomic mass is 10.1. The number of nitrogens with one attached hydrogen (secondary N) is 1. The van der Waals surface area contributed by atoms with E-state index in [4.69, 9.17) is 0 Å². The molecule has 3 rings (SSSR count). The Labute approximate surface area is 125 Å². The van der Waals surface area contributed by atoms with Gasteiger partial charge in [0, 0.05) is 25.2 Å². The fraction of sp³-hybridized carbons (Fsp3) is 0.167. The van der Waals surface area contributed by atoms with E-state index in [0.29, 0.717) is 0 Å². The van der Waals surface area contributed by atoms with Crippen LogP contribution in [-0.2, 0) is 0 Å². The molecule has 3 aromatic rings. The molecule has 1 N–H and O–H groups in total. The zero-order valence-corrected chi connectivity index (χ0v) is 12.6. The number of rotatable bonds is 3.